The predicted molar refractivity (Wildman–Crippen MR) is 142 cm³/mol. The van der Waals surface area contributed by atoms with Gasteiger partial charge in [0.25, 0.3) is 0 Å². The van der Waals surface area contributed by atoms with Gasteiger partial charge in [0.05, 0.1) is 34.1 Å². The third kappa shape index (κ3) is 5.59. The number of hydrogen-bond donors (Lipinski definition) is 4. The first kappa shape index (κ1) is 27.4. The number of H-pyrrole nitrogens is 1. The monoisotopic (exact) mass is 545 g/mol. The van der Waals surface area contributed by atoms with Crippen LogP contribution in [0.2, 0.25) is 0 Å². The molecule has 12 heteroatoms. The number of halogens is 3. The van der Waals surface area contributed by atoms with Crippen molar-refractivity contribution in [3.63, 3.8) is 0 Å². The highest BCUT2D eigenvalue weighted by Crippen LogP contribution is 2.38. The molecule has 4 aromatic rings. The summed E-state index contributed by atoms with van der Waals surface area (Å²) in [7, 11) is 0. The maximum Gasteiger partial charge on any atom is 0.416 e. The number of aromatic nitrogens is 5. The summed E-state index contributed by atoms with van der Waals surface area (Å²) >= 11 is 0. The lowest BCUT2D eigenvalue weighted by Gasteiger charge is -2.30. The number of benzene rings is 1. The largest absolute Gasteiger partial charge is 0.416 e. The molecule has 0 aliphatic heterocycles. The highest BCUT2D eigenvalue weighted by atomic mass is 19.4. The van der Waals surface area contributed by atoms with Crippen molar-refractivity contribution in [1.82, 2.24) is 29.4 Å². The normalized spacial score (nSPS) is 22.2. The van der Waals surface area contributed by atoms with Crippen molar-refractivity contribution in [2.75, 3.05) is 18.8 Å². The zero-order valence-corrected chi connectivity index (χ0v) is 21.9. The first-order valence-corrected chi connectivity index (χ1v) is 13.3. The third-order valence-corrected chi connectivity index (χ3v) is 7.84. The van der Waals surface area contributed by atoms with Gasteiger partial charge in [-0.25, -0.2) is 15.0 Å². The van der Waals surface area contributed by atoms with Crippen LogP contribution in [0.15, 0.2) is 36.8 Å². The van der Waals surface area contributed by atoms with Crippen molar-refractivity contribution >= 4 is 27.9 Å². The van der Waals surface area contributed by atoms with Crippen LogP contribution < -0.4 is 5.73 Å². The van der Waals surface area contributed by atoms with E-state index < -0.39 is 23.9 Å². The Hall–Kier alpha value is -3.22. The number of anilines is 1. The molecule has 3 heterocycles. The third-order valence-electron chi connectivity index (χ3n) is 7.84. The minimum atomic E-state index is -4.39. The number of fused-ring (bicyclic) bond motifs is 2. The summed E-state index contributed by atoms with van der Waals surface area (Å²) in [6, 6.07) is 5.29. The Morgan fingerprint density at radius 1 is 1.15 bits per heavy atom. The average Bonchev–Trinajstić information content (AvgIpc) is 3.57. The van der Waals surface area contributed by atoms with Crippen LogP contribution in [-0.4, -0.2) is 71.0 Å². The standard InChI is InChI=1S/C27H34F3N7O2/c1-15(2)36(9-4-3-5-22-34-19-7-6-17(27(28,29)30)12-20(19)35-22)13-16-11-21(24(39)23(16)38)37-10-8-18-25(31)32-14-33-26(18)37/h6-8,10,12,14-16,21,23-24,38-39H,3-5,9,11,13H2,1-2H3,(H,34,35)(H2,31,32,33)/t16-,21-,23-,24+/m1/s1. The lowest BCUT2D eigenvalue weighted by molar-refractivity contribution is -0.137. The molecular weight excluding hydrogens is 511 g/mol. The molecule has 1 aromatic carbocycles. The van der Waals surface area contributed by atoms with Gasteiger partial charge in [-0.1, -0.05) is 0 Å². The number of rotatable bonds is 9. The zero-order chi connectivity index (χ0) is 27.9. The van der Waals surface area contributed by atoms with Crippen molar-refractivity contribution in [3.8, 4) is 0 Å². The Bertz CT molecular complexity index is 1430. The number of nitrogens with two attached hydrogens (primary N) is 1. The van der Waals surface area contributed by atoms with Crippen LogP contribution in [-0.2, 0) is 12.6 Å². The SMILES string of the molecule is CC(C)N(CCCCc1nc2cc(C(F)(F)F)ccc2[nH]1)C[C@H]1C[C@@H](n2ccc3c(N)ncnc32)[C@H](O)[C@@H]1O. The van der Waals surface area contributed by atoms with Crippen LogP contribution in [0.5, 0.6) is 0 Å². The Balaban J connectivity index is 1.18. The Morgan fingerprint density at radius 2 is 1.95 bits per heavy atom. The molecule has 3 aromatic heterocycles. The fourth-order valence-corrected chi connectivity index (χ4v) is 5.64. The molecule has 0 spiro atoms. The zero-order valence-electron chi connectivity index (χ0n) is 21.9. The summed E-state index contributed by atoms with van der Waals surface area (Å²) in [6.07, 6.45) is -0.0735. The Labute approximate surface area is 223 Å². The van der Waals surface area contributed by atoms with Crippen molar-refractivity contribution in [2.45, 2.75) is 70.0 Å². The van der Waals surface area contributed by atoms with Gasteiger partial charge >= 0.3 is 6.18 Å². The fourth-order valence-electron chi connectivity index (χ4n) is 5.64. The lowest BCUT2D eigenvalue weighted by atomic mass is 10.0. The van der Waals surface area contributed by atoms with Crippen LogP contribution in [0, 0.1) is 5.92 Å². The summed E-state index contributed by atoms with van der Waals surface area (Å²) in [5.41, 5.74) is 6.81. The minimum absolute atomic E-state index is 0.123. The molecule has 9 nitrogen and oxygen atoms in total. The molecule has 5 N–H and O–H groups in total. The topological polar surface area (TPSA) is 129 Å². The Morgan fingerprint density at radius 3 is 2.69 bits per heavy atom. The number of hydrogen-bond acceptors (Lipinski definition) is 7. The van der Waals surface area contributed by atoms with E-state index in [1.165, 1.54) is 12.4 Å². The van der Waals surface area contributed by atoms with Gasteiger partial charge in [-0.05, 0) is 63.9 Å². The van der Waals surface area contributed by atoms with Crippen molar-refractivity contribution in [2.24, 2.45) is 5.92 Å². The summed E-state index contributed by atoms with van der Waals surface area (Å²) in [4.78, 5) is 18.1. The van der Waals surface area contributed by atoms with E-state index in [0.717, 1.165) is 36.9 Å². The number of aliphatic hydroxyl groups is 2. The van der Waals surface area contributed by atoms with Gasteiger partial charge in [0, 0.05) is 31.1 Å². The summed E-state index contributed by atoms with van der Waals surface area (Å²) in [5.74, 6) is 0.922. The molecule has 0 radical (unpaired) electrons. The van der Waals surface area contributed by atoms with Crippen LogP contribution in [0.1, 0.15) is 50.5 Å². The number of aromatic amines is 1. The average molecular weight is 546 g/mol. The summed E-state index contributed by atoms with van der Waals surface area (Å²) in [5, 5.41) is 22.5. The minimum Gasteiger partial charge on any atom is -0.390 e. The highest BCUT2D eigenvalue weighted by molar-refractivity contribution is 5.86. The van der Waals surface area contributed by atoms with E-state index in [-0.39, 0.29) is 18.0 Å². The first-order chi connectivity index (χ1) is 18.5. The van der Waals surface area contributed by atoms with Crippen molar-refractivity contribution in [1.29, 1.82) is 0 Å². The fraction of sp³-hybridized carbons (Fsp3) is 0.519. The number of unbranched alkanes of at least 4 members (excludes halogenated alkanes) is 1. The van der Waals surface area contributed by atoms with Crippen LogP contribution in [0.4, 0.5) is 19.0 Å². The maximum absolute atomic E-state index is 13.0. The van der Waals surface area contributed by atoms with Crippen molar-refractivity contribution < 1.29 is 23.4 Å². The van der Waals surface area contributed by atoms with E-state index in [9.17, 15) is 23.4 Å². The van der Waals surface area contributed by atoms with E-state index in [1.807, 2.05) is 16.8 Å². The number of nitrogens with zero attached hydrogens (tertiary/aromatic N) is 5. The van der Waals surface area contributed by atoms with E-state index in [2.05, 4.69) is 38.7 Å². The van der Waals surface area contributed by atoms with E-state index in [4.69, 9.17) is 5.73 Å². The number of aliphatic hydroxyl groups excluding tert-OH is 2. The molecule has 39 heavy (non-hydrogen) atoms. The number of nitrogens with one attached hydrogen (secondary N) is 1. The second-order valence-electron chi connectivity index (χ2n) is 10.7. The van der Waals surface area contributed by atoms with Gasteiger partial charge < -0.3 is 30.4 Å². The number of imidazole rings is 1. The van der Waals surface area contributed by atoms with E-state index in [0.29, 0.717) is 47.7 Å². The molecule has 5 rings (SSSR count). The molecule has 0 bridgehead atoms. The van der Waals surface area contributed by atoms with Crippen LogP contribution in [0.25, 0.3) is 22.1 Å². The molecule has 1 aliphatic carbocycles. The van der Waals surface area contributed by atoms with Crippen LogP contribution >= 0.6 is 0 Å². The van der Waals surface area contributed by atoms with E-state index >= 15 is 0 Å². The Kier molecular flexibility index (Phi) is 7.53. The second kappa shape index (κ2) is 10.7. The molecule has 4 atom stereocenters. The molecule has 0 amide bonds. The second-order valence-corrected chi connectivity index (χ2v) is 10.7. The molecule has 1 saturated carbocycles. The highest BCUT2D eigenvalue weighted by Gasteiger charge is 2.43. The van der Waals surface area contributed by atoms with Gasteiger partial charge in [0.1, 0.15) is 29.7 Å². The molecule has 1 aliphatic rings. The van der Waals surface area contributed by atoms with Crippen molar-refractivity contribution in [3.05, 3.63) is 48.2 Å². The van der Waals surface area contributed by atoms with Gasteiger partial charge in [-0.2, -0.15) is 13.2 Å². The predicted octanol–water partition coefficient (Wildman–Crippen LogP) is 3.92. The van der Waals surface area contributed by atoms with Crippen LogP contribution in [0.3, 0.4) is 0 Å². The molecule has 210 valence electrons. The molecule has 1 fully saturated rings. The molecular formula is C27H34F3N7O2. The van der Waals surface area contributed by atoms with Gasteiger partial charge in [0.2, 0.25) is 0 Å². The van der Waals surface area contributed by atoms with Gasteiger partial charge in [-0.15, -0.1) is 0 Å². The smallest absolute Gasteiger partial charge is 0.390 e. The lowest BCUT2D eigenvalue weighted by Crippen LogP contribution is -2.40. The number of nitrogen functional groups attached to an aromatic ring is 1. The summed E-state index contributed by atoms with van der Waals surface area (Å²) in [6.45, 7) is 5.63. The number of aryl methyl sites for hydroxylation is 1. The van der Waals surface area contributed by atoms with Gasteiger partial charge in [-0.3, -0.25) is 0 Å². The number of alkyl halides is 3. The quantitative estimate of drug-likeness (QED) is 0.235. The van der Waals surface area contributed by atoms with E-state index in [1.54, 1.807) is 0 Å². The molecule has 0 unspecified atom stereocenters. The van der Waals surface area contributed by atoms with Gasteiger partial charge in [0.15, 0.2) is 0 Å². The maximum atomic E-state index is 13.0. The first-order valence-electron chi connectivity index (χ1n) is 13.3. The molecule has 0 saturated heterocycles. The summed E-state index contributed by atoms with van der Waals surface area (Å²) < 4.78 is 40.8.